The minimum atomic E-state index is 0.697. The van der Waals surface area contributed by atoms with E-state index in [0.29, 0.717) is 5.71 Å². The van der Waals surface area contributed by atoms with E-state index in [4.69, 9.17) is 4.42 Å². The summed E-state index contributed by atoms with van der Waals surface area (Å²) in [6.07, 6.45) is 2.06. The van der Waals surface area contributed by atoms with Gasteiger partial charge in [-0.05, 0) is 23.6 Å². The molecule has 5 rings (SSSR count). The number of benzene rings is 2. The van der Waals surface area contributed by atoms with E-state index in [1.807, 2.05) is 30.3 Å². The number of para-hydroxylation sites is 1. The third-order valence-corrected chi connectivity index (χ3v) is 3.83. The number of rotatable bonds is 0. The Kier molecular flexibility index (Phi) is 1.70. The maximum atomic E-state index is 5.85. The molecule has 0 aliphatic heterocycles. The number of hydrogen-bond donors (Lipinski definition) is 0. The molecule has 0 spiro atoms. The Morgan fingerprint density at radius 3 is 2.60 bits per heavy atom. The molecular weight excluding hydrogens is 248 g/mol. The Morgan fingerprint density at radius 1 is 0.850 bits per heavy atom. The summed E-state index contributed by atoms with van der Waals surface area (Å²) in [4.78, 5) is 4.68. The van der Waals surface area contributed by atoms with Gasteiger partial charge in [0.05, 0.1) is 0 Å². The van der Waals surface area contributed by atoms with Gasteiger partial charge < -0.3 is 4.42 Å². The zero-order valence-corrected chi connectivity index (χ0v) is 10.6. The van der Waals surface area contributed by atoms with Crippen LogP contribution in [0.15, 0.2) is 65.2 Å². The second-order valence-electron chi connectivity index (χ2n) is 4.96. The minimum Gasteiger partial charge on any atom is -0.436 e. The lowest BCUT2D eigenvalue weighted by Gasteiger charge is -2.00. The van der Waals surface area contributed by atoms with Crippen LogP contribution in [-0.4, -0.2) is 9.38 Å². The van der Waals surface area contributed by atoms with E-state index >= 15 is 0 Å². The summed E-state index contributed by atoms with van der Waals surface area (Å²) in [5.74, 6) is 0. The van der Waals surface area contributed by atoms with E-state index in [9.17, 15) is 0 Å². The highest BCUT2D eigenvalue weighted by atomic mass is 16.3. The van der Waals surface area contributed by atoms with E-state index in [-0.39, 0.29) is 0 Å². The fraction of sp³-hybridized carbons (Fsp3) is 0. The van der Waals surface area contributed by atoms with Crippen LogP contribution in [0.5, 0.6) is 0 Å². The third-order valence-electron chi connectivity index (χ3n) is 3.83. The largest absolute Gasteiger partial charge is 0.436 e. The number of nitrogens with zero attached hydrogens (tertiary/aromatic N) is 2. The molecule has 0 saturated carbocycles. The number of fused-ring (bicyclic) bond motifs is 7. The van der Waals surface area contributed by atoms with Crippen molar-refractivity contribution in [3.63, 3.8) is 0 Å². The normalized spacial score (nSPS) is 12.0. The summed E-state index contributed by atoms with van der Waals surface area (Å²) in [5, 5.41) is 3.44. The van der Waals surface area contributed by atoms with Crippen LogP contribution >= 0.6 is 0 Å². The van der Waals surface area contributed by atoms with Crippen LogP contribution < -0.4 is 0 Å². The van der Waals surface area contributed by atoms with Gasteiger partial charge in [0.1, 0.15) is 16.7 Å². The molecule has 3 nitrogen and oxygen atoms in total. The molecule has 0 N–H and O–H groups in total. The monoisotopic (exact) mass is 258 g/mol. The van der Waals surface area contributed by atoms with Crippen molar-refractivity contribution < 1.29 is 4.42 Å². The highest BCUT2D eigenvalue weighted by molar-refractivity contribution is 6.06. The first-order valence-electron chi connectivity index (χ1n) is 6.59. The Morgan fingerprint density at radius 2 is 1.65 bits per heavy atom. The lowest BCUT2D eigenvalue weighted by atomic mass is 10.2. The van der Waals surface area contributed by atoms with Crippen molar-refractivity contribution in [2.75, 3.05) is 0 Å². The molecule has 0 aliphatic carbocycles. The van der Waals surface area contributed by atoms with Gasteiger partial charge in [-0.2, -0.15) is 4.98 Å². The first-order valence-corrected chi connectivity index (χ1v) is 6.59. The molecule has 0 aliphatic rings. The van der Waals surface area contributed by atoms with Crippen molar-refractivity contribution in [1.29, 1.82) is 0 Å². The summed E-state index contributed by atoms with van der Waals surface area (Å²) < 4.78 is 7.97. The van der Waals surface area contributed by atoms with E-state index in [0.717, 1.165) is 27.5 Å². The molecule has 0 radical (unpaired) electrons. The first-order chi connectivity index (χ1) is 9.92. The lowest BCUT2D eigenvalue weighted by Crippen LogP contribution is -1.85. The second kappa shape index (κ2) is 3.39. The standard InChI is InChI=1S/C17H10N2O/c1-2-6-12-11(5-1)9-10-19-15-13-7-3-4-8-14(13)20-17(15)18-16(12)19/h1-10H. The van der Waals surface area contributed by atoms with E-state index in [2.05, 4.69) is 39.8 Å². The Balaban J connectivity index is 2.10. The van der Waals surface area contributed by atoms with Crippen molar-refractivity contribution in [2.24, 2.45) is 0 Å². The fourth-order valence-corrected chi connectivity index (χ4v) is 2.92. The highest BCUT2D eigenvalue weighted by Crippen LogP contribution is 2.31. The zero-order valence-electron chi connectivity index (χ0n) is 10.6. The third kappa shape index (κ3) is 1.12. The van der Waals surface area contributed by atoms with Crippen LogP contribution in [0.3, 0.4) is 0 Å². The number of aromatic nitrogens is 2. The van der Waals surface area contributed by atoms with Crippen molar-refractivity contribution in [3.05, 3.63) is 60.8 Å². The number of hydrogen-bond acceptors (Lipinski definition) is 2. The van der Waals surface area contributed by atoms with E-state index < -0.39 is 0 Å². The summed E-state index contributed by atoms with van der Waals surface area (Å²) in [6, 6.07) is 18.5. The van der Waals surface area contributed by atoms with Gasteiger partial charge in [-0.3, -0.25) is 4.40 Å². The van der Waals surface area contributed by atoms with Crippen molar-refractivity contribution in [1.82, 2.24) is 9.38 Å². The fourth-order valence-electron chi connectivity index (χ4n) is 2.92. The first kappa shape index (κ1) is 10.0. The minimum absolute atomic E-state index is 0.697. The van der Waals surface area contributed by atoms with Crippen LogP contribution in [0.1, 0.15) is 0 Å². The molecule has 94 valence electrons. The van der Waals surface area contributed by atoms with Crippen LogP contribution in [0.25, 0.3) is 38.6 Å². The molecule has 5 aromatic rings. The van der Waals surface area contributed by atoms with Gasteiger partial charge in [0, 0.05) is 17.0 Å². The predicted octanol–water partition coefficient (Wildman–Crippen LogP) is 4.39. The van der Waals surface area contributed by atoms with Gasteiger partial charge in [-0.25, -0.2) is 0 Å². The molecule has 0 amide bonds. The molecule has 3 heteroatoms. The molecule has 0 unspecified atom stereocenters. The summed E-state index contributed by atoms with van der Waals surface area (Å²) in [5.41, 5.74) is 3.57. The molecule has 0 atom stereocenters. The Bertz CT molecular complexity index is 1070. The Labute approximate surface area is 114 Å². The van der Waals surface area contributed by atoms with Gasteiger partial charge in [-0.1, -0.05) is 36.4 Å². The van der Waals surface area contributed by atoms with Crippen molar-refractivity contribution in [3.8, 4) is 0 Å². The zero-order chi connectivity index (χ0) is 13.1. The summed E-state index contributed by atoms with van der Waals surface area (Å²) in [6.45, 7) is 0. The van der Waals surface area contributed by atoms with Gasteiger partial charge in [0.25, 0.3) is 0 Å². The maximum Gasteiger partial charge on any atom is 0.246 e. The van der Waals surface area contributed by atoms with Crippen molar-refractivity contribution in [2.45, 2.75) is 0 Å². The molecule has 2 aromatic carbocycles. The highest BCUT2D eigenvalue weighted by Gasteiger charge is 2.14. The van der Waals surface area contributed by atoms with Crippen LogP contribution in [0.2, 0.25) is 0 Å². The van der Waals surface area contributed by atoms with Crippen LogP contribution in [-0.2, 0) is 0 Å². The smallest absolute Gasteiger partial charge is 0.246 e. The van der Waals surface area contributed by atoms with E-state index in [1.54, 1.807) is 0 Å². The Hall–Kier alpha value is -2.81. The maximum absolute atomic E-state index is 5.85. The second-order valence-corrected chi connectivity index (χ2v) is 4.96. The SMILES string of the molecule is c1ccc2c(c1)ccn1c2nc2oc3ccccc3c21. The van der Waals surface area contributed by atoms with Crippen molar-refractivity contribution >= 4 is 38.6 Å². The van der Waals surface area contributed by atoms with E-state index in [1.165, 1.54) is 5.39 Å². The molecule has 0 fully saturated rings. The lowest BCUT2D eigenvalue weighted by molar-refractivity contribution is 0.657. The summed E-state index contributed by atoms with van der Waals surface area (Å²) >= 11 is 0. The van der Waals surface area contributed by atoms with Gasteiger partial charge in [-0.15, -0.1) is 0 Å². The molecule has 0 saturated heterocycles. The van der Waals surface area contributed by atoms with Gasteiger partial charge >= 0.3 is 0 Å². The number of pyridine rings is 1. The molecule has 3 aromatic heterocycles. The quantitative estimate of drug-likeness (QED) is 0.412. The predicted molar refractivity (Wildman–Crippen MR) is 80.0 cm³/mol. The van der Waals surface area contributed by atoms with Crippen LogP contribution in [0, 0.1) is 0 Å². The number of imidazole rings is 1. The summed E-state index contributed by atoms with van der Waals surface area (Å²) in [7, 11) is 0. The van der Waals surface area contributed by atoms with Gasteiger partial charge in [0.2, 0.25) is 5.71 Å². The topological polar surface area (TPSA) is 30.4 Å². The molecular formula is C17H10N2O. The molecule has 20 heavy (non-hydrogen) atoms. The average Bonchev–Trinajstić information content (AvgIpc) is 3.02. The number of furan rings is 1. The average molecular weight is 258 g/mol. The molecule has 3 heterocycles. The van der Waals surface area contributed by atoms with Crippen LogP contribution in [0.4, 0.5) is 0 Å². The van der Waals surface area contributed by atoms with Gasteiger partial charge in [0.15, 0.2) is 0 Å². The molecule has 0 bridgehead atoms.